The first-order chi connectivity index (χ1) is 13.9. The van der Waals surface area contributed by atoms with E-state index in [-0.39, 0.29) is 30.9 Å². The summed E-state index contributed by atoms with van der Waals surface area (Å²) in [5, 5.41) is 0. The number of likely N-dealkylation sites (tertiary alicyclic amines) is 1. The lowest BCUT2D eigenvalue weighted by molar-refractivity contribution is -0.125. The van der Waals surface area contributed by atoms with Gasteiger partial charge in [-0.05, 0) is 35.4 Å². The SMILES string of the molecule is CC(C)c1ccc(CC(=O)C2(N)CCN(C(=O)OCc3ccccc3)CC2)cc1.Cl. The van der Waals surface area contributed by atoms with Crippen LogP contribution in [0.15, 0.2) is 54.6 Å². The minimum atomic E-state index is -0.882. The molecule has 5 nitrogen and oxygen atoms in total. The molecule has 0 aromatic heterocycles. The van der Waals surface area contributed by atoms with E-state index >= 15 is 0 Å². The van der Waals surface area contributed by atoms with Crippen LogP contribution in [-0.4, -0.2) is 35.4 Å². The van der Waals surface area contributed by atoms with E-state index in [1.807, 2.05) is 42.5 Å². The van der Waals surface area contributed by atoms with Gasteiger partial charge in [-0.15, -0.1) is 12.4 Å². The van der Waals surface area contributed by atoms with Crippen molar-refractivity contribution in [2.24, 2.45) is 5.73 Å². The third kappa shape index (κ3) is 6.07. The molecule has 0 radical (unpaired) electrons. The van der Waals surface area contributed by atoms with Gasteiger partial charge in [0.2, 0.25) is 0 Å². The molecule has 1 aliphatic rings. The second kappa shape index (κ2) is 10.6. The molecule has 0 bridgehead atoms. The van der Waals surface area contributed by atoms with Crippen molar-refractivity contribution in [3.05, 3.63) is 71.3 Å². The van der Waals surface area contributed by atoms with Gasteiger partial charge in [0.25, 0.3) is 0 Å². The van der Waals surface area contributed by atoms with Crippen LogP contribution in [0.1, 0.15) is 49.3 Å². The highest BCUT2D eigenvalue weighted by atomic mass is 35.5. The van der Waals surface area contributed by atoms with E-state index in [9.17, 15) is 9.59 Å². The van der Waals surface area contributed by atoms with E-state index in [4.69, 9.17) is 10.5 Å². The highest BCUT2D eigenvalue weighted by molar-refractivity contribution is 5.90. The minimum Gasteiger partial charge on any atom is -0.445 e. The first-order valence-electron chi connectivity index (χ1n) is 10.2. The Hall–Kier alpha value is -2.37. The molecule has 3 rings (SSSR count). The molecule has 1 fully saturated rings. The molecule has 1 amide bonds. The Morgan fingerprint density at radius 2 is 1.60 bits per heavy atom. The zero-order valence-corrected chi connectivity index (χ0v) is 18.5. The molecule has 2 aromatic rings. The lowest BCUT2D eigenvalue weighted by Crippen LogP contribution is -2.57. The van der Waals surface area contributed by atoms with Crippen LogP contribution in [0.3, 0.4) is 0 Å². The first kappa shape index (κ1) is 23.9. The fourth-order valence-electron chi connectivity index (χ4n) is 3.56. The second-order valence-corrected chi connectivity index (χ2v) is 8.18. The zero-order chi connectivity index (χ0) is 20.9. The van der Waals surface area contributed by atoms with E-state index < -0.39 is 5.54 Å². The van der Waals surface area contributed by atoms with E-state index in [2.05, 4.69) is 26.0 Å². The third-order valence-corrected chi connectivity index (χ3v) is 5.69. The summed E-state index contributed by atoms with van der Waals surface area (Å²) in [5.41, 5.74) is 8.73. The van der Waals surface area contributed by atoms with Crippen LogP contribution in [0, 0.1) is 0 Å². The lowest BCUT2D eigenvalue weighted by Gasteiger charge is -2.37. The Morgan fingerprint density at radius 1 is 1.00 bits per heavy atom. The van der Waals surface area contributed by atoms with Crippen LogP contribution in [-0.2, 0) is 22.6 Å². The maximum Gasteiger partial charge on any atom is 0.410 e. The number of piperidine rings is 1. The number of halogens is 1. The molecule has 6 heteroatoms. The van der Waals surface area contributed by atoms with Crippen LogP contribution in [0.5, 0.6) is 0 Å². The summed E-state index contributed by atoms with van der Waals surface area (Å²) < 4.78 is 5.38. The largest absolute Gasteiger partial charge is 0.445 e. The van der Waals surface area contributed by atoms with Gasteiger partial charge in [0, 0.05) is 19.5 Å². The number of Topliss-reactive ketones (excluding diaryl/α,β-unsaturated/α-hetero) is 1. The summed E-state index contributed by atoms with van der Waals surface area (Å²) in [6.45, 7) is 5.40. The number of carbonyl (C=O) groups is 2. The summed E-state index contributed by atoms with van der Waals surface area (Å²) in [6, 6.07) is 17.7. The number of benzene rings is 2. The topological polar surface area (TPSA) is 72.6 Å². The van der Waals surface area contributed by atoms with E-state index in [1.54, 1.807) is 4.90 Å². The summed E-state index contributed by atoms with van der Waals surface area (Å²) in [7, 11) is 0. The number of hydrogen-bond donors (Lipinski definition) is 1. The number of rotatable bonds is 6. The summed E-state index contributed by atoms with van der Waals surface area (Å²) in [4.78, 5) is 26.8. The normalized spacial score (nSPS) is 15.4. The van der Waals surface area contributed by atoms with Crippen molar-refractivity contribution >= 4 is 24.3 Å². The maximum absolute atomic E-state index is 12.8. The third-order valence-electron chi connectivity index (χ3n) is 5.69. The van der Waals surface area contributed by atoms with E-state index in [0.717, 1.165) is 11.1 Å². The molecule has 1 aliphatic heterocycles. The number of amides is 1. The van der Waals surface area contributed by atoms with Gasteiger partial charge >= 0.3 is 6.09 Å². The first-order valence-corrected chi connectivity index (χ1v) is 10.2. The highest BCUT2D eigenvalue weighted by Gasteiger charge is 2.38. The lowest BCUT2D eigenvalue weighted by atomic mass is 9.82. The fourth-order valence-corrected chi connectivity index (χ4v) is 3.56. The predicted molar refractivity (Wildman–Crippen MR) is 121 cm³/mol. The van der Waals surface area contributed by atoms with Gasteiger partial charge in [0.05, 0.1) is 5.54 Å². The van der Waals surface area contributed by atoms with Crippen molar-refractivity contribution in [1.29, 1.82) is 0 Å². The van der Waals surface area contributed by atoms with E-state index in [1.165, 1.54) is 5.56 Å². The molecule has 0 unspecified atom stereocenters. The maximum atomic E-state index is 12.8. The van der Waals surface area contributed by atoms with Crippen molar-refractivity contribution in [2.75, 3.05) is 13.1 Å². The summed E-state index contributed by atoms with van der Waals surface area (Å²) in [5.74, 6) is 0.499. The smallest absolute Gasteiger partial charge is 0.410 e. The Bertz CT molecular complexity index is 829. The number of ketones is 1. The van der Waals surface area contributed by atoms with Crippen LogP contribution in [0.2, 0.25) is 0 Å². The standard InChI is InChI=1S/C24H30N2O3.ClH/c1-18(2)21-10-8-19(9-11-21)16-22(27)24(25)12-14-26(15-13-24)23(28)29-17-20-6-4-3-5-7-20;/h3-11,18H,12-17,25H2,1-2H3;1H. The minimum absolute atomic E-state index is 0. The van der Waals surface area contributed by atoms with Gasteiger partial charge < -0.3 is 15.4 Å². The zero-order valence-electron chi connectivity index (χ0n) is 17.7. The van der Waals surface area contributed by atoms with Gasteiger partial charge in [-0.2, -0.15) is 0 Å². The summed E-state index contributed by atoms with van der Waals surface area (Å²) >= 11 is 0. The van der Waals surface area contributed by atoms with Crippen molar-refractivity contribution in [3.63, 3.8) is 0 Å². The molecule has 0 spiro atoms. The van der Waals surface area contributed by atoms with Crippen molar-refractivity contribution in [2.45, 2.75) is 51.2 Å². The second-order valence-electron chi connectivity index (χ2n) is 8.18. The number of hydrogen-bond acceptors (Lipinski definition) is 4. The quantitative estimate of drug-likeness (QED) is 0.733. The number of carbonyl (C=O) groups excluding carboxylic acids is 2. The Morgan fingerprint density at radius 3 is 2.17 bits per heavy atom. The predicted octanol–water partition coefficient (Wildman–Crippen LogP) is 4.47. The van der Waals surface area contributed by atoms with E-state index in [0.29, 0.717) is 38.3 Å². The molecule has 162 valence electrons. The fraction of sp³-hybridized carbons (Fsp3) is 0.417. The number of nitrogens with two attached hydrogens (primary N) is 1. The van der Waals surface area contributed by atoms with Gasteiger partial charge in [-0.1, -0.05) is 68.4 Å². The van der Waals surface area contributed by atoms with Crippen molar-refractivity contribution < 1.29 is 14.3 Å². The molecule has 2 aromatic carbocycles. The summed E-state index contributed by atoms with van der Waals surface area (Å²) in [6.07, 6.45) is 0.882. The average molecular weight is 431 g/mol. The molecule has 1 saturated heterocycles. The van der Waals surface area contributed by atoms with Crippen LogP contribution < -0.4 is 5.73 Å². The molecule has 1 heterocycles. The van der Waals surface area contributed by atoms with Crippen LogP contribution in [0.4, 0.5) is 4.79 Å². The van der Waals surface area contributed by atoms with Crippen molar-refractivity contribution in [3.8, 4) is 0 Å². The molecule has 0 atom stereocenters. The molecule has 0 saturated carbocycles. The number of ether oxygens (including phenoxy) is 1. The monoisotopic (exact) mass is 430 g/mol. The molecular weight excluding hydrogens is 400 g/mol. The van der Waals surface area contributed by atoms with Gasteiger partial charge in [-0.3, -0.25) is 4.79 Å². The highest BCUT2D eigenvalue weighted by Crippen LogP contribution is 2.24. The molecular formula is C24H31ClN2O3. The number of nitrogens with zero attached hydrogens (tertiary/aromatic N) is 1. The van der Waals surface area contributed by atoms with Crippen LogP contribution >= 0.6 is 12.4 Å². The van der Waals surface area contributed by atoms with Gasteiger partial charge in [-0.25, -0.2) is 4.79 Å². The average Bonchev–Trinajstić information content (AvgIpc) is 2.73. The van der Waals surface area contributed by atoms with Crippen LogP contribution in [0.25, 0.3) is 0 Å². The van der Waals surface area contributed by atoms with Crippen molar-refractivity contribution in [1.82, 2.24) is 4.90 Å². The van der Waals surface area contributed by atoms with Gasteiger partial charge in [0.15, 0.2) is 5.78 Å². The Balaban J connectivity index is 0.00000320. The molecule has 2 N–H and O–H groups in total. The molecule has 30 heavy (non-hydrogen) atoms. The Kier molecular flexibility index (Phi) is 8.44. The van der Waals surface area contributed by atoms with Gasteiger partial charge in [0.1, 0.15) is 6.61 Å². The Labute approximate surface area is 185 Å². The molecule has 0 aliphatic carbocycles.